The Bertz CT molecular complexity index is 1860. The van der Waals surface area contributed by atoms with Crippen molar-refractivity contribution in [3.8, 4) is 28.4 Å². The van der Waals surface area contributed by atoms with Crippen LogP contribution in [0.2, 0.25) is 0 Å². The zero-order valence-corrected chi connectivity index (χ0v) is 25.6. The van der Waals surface area contributed by atoms with Crippen LogP contribution in [-0.2, 0) is 27.9 Å². The van der Waals surface area contributed by atoms with Crippen LogP contribution >= 0.6 is 0 Å². The lowest BCUT2D eigenvalue weighted by molar-refractivity contribution is -0.120. The van der Waals surface area contributed by atoms with E-state index in [2.05, 4.69) is 46.7 Å². The van der Waals surface area contributed by atoms with Gasteiger partial charge in [0.05, 0.1) is 45.6 Å². The van der Waals surface area contributed by atoms with E-state index in [9.17, 15) is 9.59 Å². The molecule has 0 fully saturated rings. The van der Waals surface area contributed by atoms with Crippen molar-refractivity contribution in [1.29, 1.82) is 0 Å². The van der Waals surface area contributed by atoms with Crippen molar-refractivity contribution in [2.75, 3.05) is 28.4 Å². The Hall–Kier alpha value is -5.28. The van der Waals surface area contributed by atoms with Crippen molar-refractivity contribution >= 4 is 22.8 Å². The van der Waals surface area contributed by atoms with Gasteiger partial charge in [-0.15, -0.1) is 0 Å². The highest BCUT2D eigenvalue weighted by atomic mass is 16.5. The van der Waals surface area contributed by atoms with Crippen molar-refractivity contribution in [2.45, 2.75) is 24.4 Å². The fourth-order valence-electron chi connectivity index (χ4n) is 6.43. The predicted octanol–water partition coefficient (Wildman–Crippen LogP) is 5.13. The van der Waals surface area contributed by atoms with Crippen LogP contribution in [0.1, 0.15) is 32.7 Å². The molecule has 1 aliphatic rings. The molecule has 230 valence electrons. The Morgan fingerprint density at radius 3 is 2.11 bits per heavy atom. The third kappa shape index (κ3) is 5.25. The van der Waals surface area contributed by atoms with Gasteiger partial charge in [-0.1, -0.05) is 54.6 Å². The third-order valence-corrected chi connectivity index (χ3v) is 8.67. The van der Waals surface area contributed by atoms with E-state index < -0.39 is 23.5 Å². The first kappa shape index (κ1) is 29.8. The Morgan fingerprint density at radius 2 is 1.51 bits per heavy atom. The normalized spacial score (nSPS) is 17.4. The molecular weight excluding hydrogens is 570 g/mol. The highest BCUT2D eigenvalue weighted by Crippen LogP contribution is 2.46. The summed E-state index contributed by atoms with van der Waals surface area (Å²) in [5, 5.41) is 4.47. The van der Waals surface area contributed by atoms with E-state index in [1.165, 1.54) is 7.11 Å². The van der Waals surface area contributed by atoms with Gasteiger partial charge >= 0.3 is 5.97 Å². The number of fused-ring (bicyclic) bond motifs is 3. The summed E-state index contributed by atoms with van der Waals surface area (Å²) in [5.74, 6) is 0.794. The number of aromatic nitrogens is 1. The maximum Gasteiger partial charge on any atom is 0.337 e. The van der Waals surface area contributed by atoms with E-state index in [-0.39, 0.29) is 0 Å². The molecule has 0 aliphatic carbocycles. The highest BCUT2D eigenvalue weighted by Gasteiger charge is 2.46. The molecule has 0 spiro atoms. The van der Waals surface area contributed by atoms with E-state index in [1.807, 2.05) is 36.4 Å². The number of aromatic amines is 1. The minimum absolute atomic E-state index is 0.321. The van der Waals surface area contributed by atoms with Crippen LogP contribution in [0, 0.1) is 0 Å². The molecule has 1 aliphatic heterocycles. The van der Waals surface area contributed by atoms with Crippen LogP contribution in [0.3, 0.4) is 0 Å². The third-order valence-electron chi connectivity index (χ3n) is 8.67. The average Bonchev–Trinajstić information content (AvgIpc) is 3.46. The van der Waals surface area contributed by atoms with Crippen LogP contribution in [0.25, 0.3) is 22.0 Å². The molecule has 5 aromatic rings. The smallest absolute Gasteiger partial charge is 0.337 e. The molecule has 0 bridgehead atoms. The fourth-order valence-corrected chi connectivity index (χ4v) is 6.43. The Balaban J connectivity index is 1.63. The molecule has 2 heterocycles. The minimum atomic E-state index is -0.998. The van der Waals surface area contributed by atoms with Gasteiger partial charge < -0.3 is 29.7 Å². The van der Waals surface area contributed by atoms with Crippen LogP contribution in [0.4, 0.5) is 0 Å². The lowest BCUT2D eigenvalue weighted by Gasteiger charge is -2.42. The van der Waals surface area contributed by atoms with Crippen LogP contribution in [0.15, 0.2) is 84.9 Å². The molecule has 9 nitrogen and oxygen atoms in total. The van der Waals surface area contributed by atoms with Crippen molar-refractivity contribution in [3.63, 3.8) is 0 Å². The molecule has 2 unspecified atom stereocenters. The first-order valence-corrected chi connectivity index (χ1v) is 14.6. The number of rotatable bonds is 9. The molecule has 1 aromatic heterocycles. The summed E-state index contributed by atoms with van der Waals surface area (Å²) in [6.45, 7) is 0. The van der Waals surface area contributed by atoms with Gasteiger partial charge in [-0.25, -0.2) is 4.79 Å². The second-order valence-electron chi connectivity index (χ2n) is 11.1. The Morgan fingerprint density at radius 1 is 0.844 bits per heavy atom. The Kier molecular flexibility index (Phi) is 7.95. The number of H-pyrrole nitrogens is 1. The topological polar surface area (TPSA) is 125 Å². The second-order valence-corrected chi connectivity index (χ2v) is 11.1. The molecule has 1 amide bonds. The standard InChI is InChI=1S/C36H35N3O6/c1-42-25-17-31(43-2)28(32(18-25)44-3)20-36(24-13-10-22(11-14-24)21-8-6-5-7-9-21)33-27(19-30(39-36)34(37)40)26-16-23(35(41)45-4)12-15-29(26)38-33/h5-18,30,38-39H,19-20H2,1-4H3,(H2,37,40). The van der Waals surface area contributed by atoms with Crippen molar-refractivity contribution < 1.29 is 28.5 Å². The van der Waals surface area contributed by atoms with E-state index >= 15 is 0 Å². The van der Waals surface area contributed by atoms with Gasteiger partial charge in [0.15, 0.2) is 0 Å². The summed E-state index contributed by atoms with van der Waals surface area (Å²) in [4.78, 5) is 29.1. The van der Waals surface area contributed by atoms with Gasteiger partial charge in [0.25, 0.3) is 0 Å². The molecule has 0 radical (unpaired) electrons. The number of hydrogen-bond acceptors (Lipinski definition) is 7. The number of amides is 1. The number of methoxy groups -OCH3 is 4. The van der Waals surface area contributed by atoms with Gasteiger partial charge in [0.1, 0.15) is 17.2 Å². The quantitative estimate of drug-likeness (QED) is 0.199. The number of carbonyl (C=O) groups excluding carboxylic acids is 2. The van der Waals surface area contributed by atoms with E-state index in [0.717, 1.165) is 44.4 Å². The summed E-state index contributed by atoms with van der Waals surface area (Å²) in [7, 11) is 6.14. The number of hydrogen-bond donors (Lipinski definition) is 3. The average molecular weight is 606 g/mol. The van der Waals surface area contributed by atoms with Crippen molar-refractivity contribution in [2.24, 2.45) is 5.73 Å². The molecule has 9 heteroatoms. The monoisotopic (exact) mass is 605 g/mol. The molecule has 4 aromatic carbocycles. The minimum Gasteiger partial charge on any atom is -0.496 e. The van der Waals surface area contributed by atoms with Crippen molar-refractivity contribution in [1.82, 2.24) is 10.3 Å². The van der Waals surface area contributed by atoms with Gasteiger partial charge in [0, 0.05) is 40.7 Å². The predicted molar refractivity (Wildman–Crippen MR) is 172 cm³/mol. The SMILES string of the molecule is COC(=O)c1ccc2[nH]c3c(c2c1)CC(C(N)=O)NC3(Cc1c(OC)cc(OC)cc1OC)c1ccc(-c2ccccc2)cc1. The zero-order valence-electron chi connectivity index (χ0n) is 25.6. The largest absolute Gasteiger partial charge is 0.496 e. The van der Waals surface area contributed by atoms with Gasteiger partial charge in [-0.3, -0.25) is 10.1 Å². The summed E-state index contributed by atoms with van der Waals surface area (Å²) in [5.41, 5.74) is 11.8. The fraction of sp³-hybridized carbons (Fsp3) is 0.222. The number of esters is 1. The van der Waals surface area contributed by atoms with E-state index in [1.54, 1.807) is 33.5 Å². The number of benzene rings is 4. The van der Waals surface area contributed by atoms with Crippen LogP contribution in [0.5, 0.6) is 17.2 Å². The van der Waals surface area contributed by atoms with Gasteiger partial charge in [0.2, 0.25) is 5.91 Å². The molecular formula is C36H35N3O6. The van der Waals surface area contributed by atoms with Crippen molar-refractivity contribution in [3.05, 3.63) is 113 Å². The summed E-state index contributed by atoms with van der Waals surface area (Å²) in [6.07, 6.45) is 0.650. The molecule has 2 atom stereocenters. The maximum absolute atomic E-state index is 13.0. The molecule has 4 N–H and O–H groups in total. The van der Waals surface area contributed by atoms with E-state index in [0.29, 0.717) is 35.7 Å². The van der Waals surface area contributed by atoms with Crippen LogP contribution < -0.4 is 25.3 Å². The number of nitrogens with one attached hydrogen (secondary N) is 2. The second kappa shape index (κ2) is 12.0. The lowest BCUT2D eigenvalue weighted by Crippen LogP contribution is -2.59. The lowest BCUT2D eigenvalue weighted by atomic mass is 9.74. The number of primary amides is 1. The first-order valence-electron chi connectivity index (χ1n) is 14.6. The molecule has 45 heavy (non-hydrogen) atoms. The number of nitrogens with two attached hydrogens (primary N) is 1. The molecule has 0 saturated carbocycles. The maximum atomic E-state index is 13.0. The molecule has 0 saturated heterocycles. The summed E-state index contributed by atoms with van der Waals surface area (Å²) < 4.78 is 22.2. The number of carbonyl (C=O) groups is 2. The number of ether oxygens (including phenoxy) is 4. The van der Waals surface area contributed by atoms with Gasteiger partial charge in [-0.05, 0) is 46.9 Å². The van der Waals surface area contributed by atoms with E-state index in [4.69, 9.17) is 24.7 Å². The Labute approximate surface area is 261 Å². The molecule has 6 rings (SSSR count). The summed E-state index contributed by atoms with van der Waals surface area (Å²) in [6, 6.07) is 26.7. The van der Waals surface area contributed by atoms with Gasteiger partial charge in [-0.2, -0.15) is 0 Å². The zero-order chi connectivity index (χ0) is 31.7. The summed E-state index contributed by atoms with van der Waals surface area (Å²) >= 11 is 0. The highest BCUT2D eigenvalue weighted by molar-refractivity contribution is 5.97. The van der Waals surface area contributed by atoms with Crippen LogP contribution in [-0.4, -0.2) is 51.3 Å². The first-order chi connectivity index (χ1) is 21.8.